The molecule has 126 valence electrons. The summed E-state index contributed by atoms with van der Waals surface area (Å²) in [6, 6.07) is 7.84. The molecule has 5 heteroatoms. The number of benzene rings is 1. The number of quaternary nitrogens is 1. The second-order valence-corrected chi connectivity index (χ2v) is 6.33. The number of rotatable bonds is 5. The van der Waals surface area contributed by atoms with Gasteiger partial charge < -0.3 is 9.64 Å². The average molecular weight is 318 g/mol. The Bertz CT molecular complexity index is 549. The molecule has 1 aliphatic heterocycles. The Morgan fingerprint density at radius 3 is 2.65 bits per heavy atom. The fraction of sp³-hybridized carbons (Fsp3) is 0.556. The second kappa shape index (κ2) is 8.67. The zero-order valence-electron chi connectivity index (χ0n) is 14.4. The molecule has 1 aliphatic rings. The zero-order valence-corrected chi connectivity index (χ0v) is 14.4. The van der Waals surface area contributed by atoms with Crippen molar-refractivity contribution in [2.75, 3.05) is 26.2 Å². The molecule has 0 aliphatic carbocycles. The van der Waals surface area contributed by atoms with Gasteiger partial charge in [0.05, 0.1) is 32.3 Å². The third-order valence-electron chi connectivity index (χ3n) is 3.99. The van der Waals surface area contributed by atoms with E-state index in [-0.39, 0.29) is 12.0 Å². The molecule has 0 atom stereocenters. The molecular formula is C18H28N3O2+. The molecule has 1 aromatic rings. The van der Waals surface area contributed by atoms with Crippen molar-refractivity contribution in [2.24, 2.45) is 4.99 Å². The second-order valence-electron chi connectivity index (χ2n) is 6.33. The van der Waals surface area contributed by atoms with Crippen molar-refractivity contribution >= 4 is 11.9 Å². The molecule has 0 bridgehead atoms. The monoisotopic (exact) mass is 318 g/mol. The normalized spacial score (nSPS) is 15.9. The minimum atomic E-state index is -0.170. The third-order valence-corrected chi connectivity index (χ3v) is 3.99. The lowest BCUT2D eigenvalue weighted by Crippen LogP contribution is -3.10. The highest BCUT2D eigenvalue weighted by atomic mass is 16.5. The molecule has 0 radical (unpaired) electrons. The van der Waals surface area contributed by atoms with Gasteiger partial charge in [0.2, 0.25) is 0 Å². The number of carbonyl (C=O) groups is 1. The van der Waals surface area contributed by atoms with Crippen molar-refractivity contribution in [1.29, 1.82) is 0 Å². The molecule has 1 amide bonds. The number of nitrogens with zero attached hydrogens (tertiary/aromatic N) is 1. The molecule has 5 nitrogen and oxygen atoms in total. The van der Waals surface area contributed by atoms with Gasteiger partial charge in [0.1, 0.15) is 0 Å². The van der Waals surface area contributed by atoms with Crippen molar-refractivity contribution in [1.82, 2.24) is 5.32 Å². The van der Waals surface area contributed by atoms with E-state index in [1.165, 1.54) is 25.9 Å². The van der Waals surface area contributed by atoms with E-state index in [1.54, 1.807) is 4.90 Å². The van der Waals surface area contributed by atoms with E-state index < -0.39 is 0 Å². The summed E-state index contributed by atoms with van der Waals surface area (Å²) in [6.07, 6.45) is 2.58. The summed E-state index contributed by atoms with van der Waals surface area (Å²) < 4.78 is 5.66. The largest absolute Gasteiger partial charge is 0.462 e. The van der Waals surface area contributed by atoms with E-state index in [0.29, 0.717) is 18.1 Å². The molecule has 1 heterocycles. The maximum Gasteiger partial charge on any atom is 0.292 e. The molecule has 1 fully saturated rings. The lowest BCUT2D eigenvalue weighted by atomic mass is 10.1. The highest BCUT2D eigenvalue weighted by Crippen LogP contribution is 2.06. The van der Waals surface area contributed by atoms with E-state index in [1.807, 2.05) is 45.0 Å². The molecule has 2 rings (SSSR count). The van der Waals surface area contributed by atoms with Gasteiger partial charge in [-0.15, -0.1) is 0 Å². The van der Waals surface area contributed by atoms with Crippen molar-refractivity contribution in [3.63, 3.8) is 0 Å². The van der Waals surface area contributed by atoms with E-state index >= 15 is 0 Å². The van der Waals surface area contributed by atoms with Gasteiger partial charge in [-0.05, 0) is 32.4 Å². The number of amides is 1. The Balaban J connectivity index is 1.96. The SMILES string of the molecule is Cc1ccccc1C(=O)NC(=NCC[NH+]1CCCC1)OC(C)C. The Morgan fingerprint density at radius 1 is 1.30 bits per heavy atom. The predicted octanol–water partition coefficient (Wildman–Crippen LogP) is 1.18. The van der Waals surface area contributed by atoms with E-state index in [4.69, 9.17) is 4.74 Å². The minimum absolute atomic E-state index is 0.0231. The number of ether oxygens (including phenoxy) is 1. The van der Waals surface area contributed by atoms with Gasteiger partial charge in [0.15, 0.2) is 0 Å². The van der Waals surface area contributed by atoms with Crippen LogP contribution >= 0.6 is 0 Å². The first-order chi connectivity index (χ1) is 11.1. The van der Waals surface area contributed by atoms with Crippen molar-refractivity contribution in [3.05, 3.63) is 35.4 Å². The summed E-state index contributed by atoms with van der Waals surface area (Å²) >= 11 is 0. The Morgan fingerprint density at radius 2 is 2.00 bits per heavy atom. The first-order valence-electron chi connectivity index (χ1n) is 8.48. The fourth-order valence-corrected chi connectivity index (χ4v) is 2.76. The molecule has 0 saturated carbocycles. The fourth-order valence-electron chi connectivity index (χ4n) is 2.76. The van der Waals surface area contributed by atoms with Gasteiger partial charge in [-0.25, -0.2) is 4.99 Å². The number of hydrogen-bond acceptors (Lipinski definition) is 3. The van der Waals surface area contributed by atoms with Crippen LogP contribution in [0.2, 0.25) is 0 Å². The summed E-state index contributed by atoms with van der Waals surface area (Å²) in [5.41, 5.74) is 1.59. The number of nitrogens with one attached hydrogen (secondary N) is 2. The van der Waals surface area contributed by atoms with Crippen LogP contribution in [0.5, 0.6) is 0 Å². The first kappa shape index (κ1) is 17.5. The van der Waals surface area contributed by atoms with Gasteiger partial charge in [-0.2, -0.15) is 0 Å². The summed E-state index contributed by atoms with van der Waals surface area (Å²) in [7, 11) is 0. The third kappa shape index (κ3) is 5.67. The van der Waals surface area contributed by atoms with E-state index in [2.05, 4.69) is 10.3 Å². The molecule has 2 N–H and O–H groups in total. The molecule has 1 saturated heterocycles. The van der Waals surface area contributed by atoms with Gasteiger partial charge in [0.25, 0.3) is 11.9 Å². The summed E-state index contributed by atoms with van der Waals surface area (Å²) in [5, 5.41) is 2.81. The van der Waals surface area contributed by atoms with Gasteiger partial charge in [-0.3, -0.25) is 10.1 Å². The smallest absolute Gasteiger partial charge is 0.292 e. The van der Waals surface area contributed by atoms with Gasteiger partial charge in [-0.1, -0.05) is 18.2 Å². The Kier molecular flexibility index (Phi) is 6.59. The number of amidine groups is 1. The topological polar surface area (TPSA) is 55.1 Å². The predicted molar refractivity (Wildman–Crippen MR) is 92.0 cm³/mol. The van der Waals surface area contributed by atoms with Crippen LogP contribution in [0.1, 0.15) is 42.6 Å². The van der Waals surface area contributed by atoms with Gasteiger partial charge >= 0.3 is 0 Å². The highest BCUT2D eigenvalue weighted by molar-refractivity contribution is 6.04. The zero-order chi connectivity index (χ0) is 16.7. The van der Waals surface area contributed by atoms with Crippen LogP contribution in [0.3, 0.4) is 0 Å². The van der Waals surface area contributed by atoms with Crippen LogP contribution < -0.4 is 10.2 Å². The number of aliphatic imine (C=N–C) groups is 1. The molecule has 1 aromatic carbocycles. The maximum atomic E-state index is 12.4. The lowest BCUT2D eigenvalue weighted by molar-refractivity contribution is -0.885. The minimum Gasteiger partial charge on any atom is -0.462 e. The highest BCUT2D eigenvalue weighted by Gasteiger charge is 2.16. The first-order valence-corrected chi connectivity index (χ1v) is 8.48. The summed E-state index contributed by atoms with van der Waals surface area (Å²) in [6.45, 7) is 9.90. The maximum absolute atomic E-state index is 12.4. The average Bonchev–Trinajstić information content (AvgIpc) is 3.00. The quantitative estimate of drug-likeness (QED) is 0.633. The summed E-state index contributed by atoms with van der Waals surface area (Å²) in [5.74, 6) is -0.170. The molecule has 0 spiro atoms. The number of hydrogen-bond donors (Lipinski definition) is 2. The van der Waals surface area contributed by atoms with E-state index in [0.717, 1.165) is 12.1 Å². The van der Waals surface area contributed by atoms with Crippen LogP contribution in [-0.2, 0) is 4.74 Å². The van der Waals surface area contributed by atoms with Crippen molar-refractivity contribution in [2.45, 2.75) is 39.7 Å². The molecular weight excluding hydrogens is 290 g/mol. The molecule has 0 aromatic heterocycles. The van der Waals surface area contributed by atoms with Crippen LogP contribution in [-0.4, -0.2) is 44.2 Å². The van der Waals surface area contributed by atoms with Crippen LogP contribution in [0.4, 0.5) is 0 Å². The van der Waals surface area contributed by atoms with Crippen LogP contribution in [0.15, 0.2) is 29.3 Å². The lowest BCUT2D eigenvalue weighted by Gasteiger charge is -2.15. The Labute approximate surface area is 138 Å². The number of carbonyl (C=O) groups excluding carboxylic acids is 1. The molecule has 0 unspecified atom stereocenters. The molecule has 23 heavy (non-hydrogen) atoms. The van der Waals surface area contributed by atoms with E-state index in [9.17, 15) is 4.79 Å². The van der Waals surface area contributed by atoms with Crippen molar-refractivity contribution in [3.8, 4) is 0 Å². The number of likely N-dealkylation sites (tertiary alicyclic amines) is 1. The standard InChI is InChI=1S/C18H27N3O2/c1-14(2)23-18(19-10-13-21-11-6-7-12-21)20-17(22)16-9-5-4-8-15(16)3/h4-5,8-9,14H,6-7,10-13H2,1-3H3,(H,19,20,22)/p+1. The number of aryl methyl sites for hydroxylation is 1. The summed E-state index contributed by atoms with van der Waals surface area (Å²) in [4.78, 5) is 18.4. The van der Waals surface area contributed by atoms with Crippen LogP contribution in [0.25, 0.3) is 0 Å². The Hall–Kier alpha value is -1.88. The van der Waals surface area contributed by atoms with Gasteiger partial charge in [0, 0.05) is 18.4 Å². The van der Waals surface area contributed by atoms with Crippen molar-refractivity contribution < 1.29 is 14.4 Å². The van der Waals surface area contributed by atoms with Crippen LogP contribution in [0, 0.1) is 6.92 Å².